The molecule has 1 aromatic rings. The van der Waals surface area contributed by atoms with Crippen LogP contribution in [0.5, 0.6) is 0 Å². The molecule has 0 spiro atoms. The summed E-state index contributed by atoms with van der Waals surface area (Å²) in [5.41, 5.74) is 5.13. The van der Waals surface area contributed by atoms with Gasteiger partial charge in [-0.05, 0) is 39.0 Å². The molecule has 1 aromatic carbocycles. The van der Waals surface area contributed by atoms with Gasteiger partial charge < -0.3 is 21.1 Å². The minimum absolute atomic E-state index is 0.258. The van der Waals surface area contributed by atoms with Crippen molar-refractivity contribution in [3.8, 4) is 0 Å². The summed E-state index contributed by atoms with van der Waals surface area (Å²) < 4.78 is 0. The van der Waals surface area contributed by atoms with Gasteiger partial charge in [0.2, 0.25) is 5.91 Å². The molecule has 0 aliphatic heterocycles. The molecule has 0 aliphatic carbocycles. The Morgan fingerprint density at radius 2 is 1.90 bits per heavy atom. The molecule has 0 saturated heterocycles. The number of nitrogens with zero attached hydrogens (tertiary/aromatic N) is 1. The first kappa shape index (κ1) is 16.5. The summed E-state index contributed by atoms with van der Waals surface area (Å²) in [7, 11) is 0. The highest BCUT2D eigenvalue weighted by Gasteiger charge is 2.28. The number of anilines is 1. The summed E-state index contributed by atoms with van der Waals surface area (Å²) in [6.45, 7) is 4.77. The Labute approximate surface area is 122 Å². The van der Waals surface area contributed by atoms with Gasteiger partial charge in [0.25, 0.3) is 0 Å². The summed E-state index contributed by atoms with van der Waals surface area (Å²) in [6.07, 6.45) is 0. The first-order valence-electron chi connectivity index (χ1n) is 6.31. The van der Waals surface area contributed by atoms with Crippen LogP contribution >= 0.6 is 0 Å². The van der Waals surface area contributed by atoms with Gasteiger partial charge in [-0.3, -0.25) is 9.59 Å². The molecule has 114 valence electrons. The SMILES string of the molecule is CC(C)(C)N(CC(=O)O)C(=O)Nc1cccc(C(N)=O)c1. The number of primary amides is 1. The van der Waals surface area contributed by atoms with Crippen molar-refractivity contribution >= 4 is 23.6 Å². The average molecular weight is 293 g/mol. The average Bonchev–Trinajstić information content (AvgIpc) is 2.34. The van der Waals surface area contributed by atoms with Crippen LogP contribution < -0.4 is 11.1 Å². The predicted octanol–water partition coefficient (Wildman–Crippen LogP) is 1.50. The summed E-state index contributed by atoms with van der Waals surface area (Å²) >= 11 is 0. The minimum atomic E-state index is -1.11. The lowest BCUT2D eigenvalue weighted by atomic mass is 10.1. The highest BCUT2D eigenvalue weighted by molar-refractivity contribution is 5.96. The number of aliphatic carboxylic acids is 1. The van der Waals surface area contributed by atoms with Crippen LogP contribution in [0.2, 0.25) is 0 Å². The van der Waals surface area contributed by atoms with E-state index in [0.29, 0.717) is 5.69 Å². The topological polar surface area (TPSA) is 113 Å². The Balaban J connectivity index is 2.94. The Hall–Kier alpha value is -2.57. The van der Waals surface area contributed by atoms with Crippen molar-refractivity contribution in [3.05, 3.63) is 29.8 Å². The Kier molecular flexibility index (Phi) is 4.91. The first-order valence-corrected chi connectivity index (χ1v) is 6.31. The lowest BCUT2D eigenvalue weighted by Crippen LogP contribution is -2.50. The number of hydrogen-bond donors (Lipinski definition) is 3. The number of benzene rings is 1. The third kappa shape index (κ3) is 4.79. The molecule has 1 rings (SSSR count). The molecular weight excluding hydrogens is 274 g/mol. The van der Waals surface area contributed by atoms with Crippen molar-refractivity contribution in [2.75, 3.05) is 11.9 Å². The summed E-state index contributed by atoms with van der Waals surface area (Å²) in [4.78, 5) is 35.4. The van der Waals surface area contributed by atoms with E-state index in [1.807, 2.05) is 0 Å². The van der Waals surface area contributed by atoms with Crippen LogP contribution in [0.25, 0.3) is 0 Å². The van der Waals surface area contributed by atoms with Gasteiger partial charge >= 0.3 is 12.0 Å². The third-order valence-corrected chi connectivity index (χ3v) is 2.75. The predicted molar refractivity (Wildman–Crippen MR) is 78.1 cm³/mol. The Morgan fingerprint density at radius 1 is 1.29 bits per heavy atom. The summed E-state index contributed by atoms with van der Waals surface area (Å²) in [6, 6.07) is 5.56. The fourth-order valence-corrected chi connectivity index (χ4v) is 1.69. The quantitative estimate of drug-likeness (QED) is 0.780. The van der Waals surface area contributed by atoms with Gasteiger partial charge in [0.05, 0.1) is 0 Å². The highest BCUT2D eigenvalue weighted by atomic mass is 16.4. The number of carbonyl (C=O) groups is 3. The molecule has 0 unspecified atom stereocenters. The van der Waals surface area contributed by atoms with Crippen molar-refractivity contribution in [1.82, 2.24) is 4.90 Å². The molecule has 3 amide bonds. The number of rotatable bonds is 4. The van der Waals surface area contributed by atoms with Crippen molar-refractivity contribution in [3.63, 3.8) is 0 Å². The van der Waals surface area contributed by atoms with Gasteiger partial charge in [-0.25, -0.2) is 4.79 Å². The minimum Gasteiger partial charge on any atom is -0.480 e. The highest BCUT2D eigenvalue weighted by Crippen LogP contribution is 2.16. The molecule has 0 radical (unpaired) electrons. The maximum atomic E-state index is 12.2. The van der Waals surface area contributed by atoms with Crippen molar-refractivity contribution in [2.45, 2.75) is 26.3 Å². The molecule has 0 heterocycles. The van der Waals surface area contributed by atoms with Gasteiger partial charge in [-0.1, -0.05) is 6.07 Å². The second-order valence-corrected chi connectivity index (χ2v) is 5.53. The number of carbonyl (C=O) groups excluding carboxylic acids is 2. The van der Waals surface area contributed by atoms with Gasteiger partial charge in [0, 0.05) is 16.8 Å². The third-order valence-electron chi connectivity index (χ3n) is 2.75. The fraction of sp³-hybridized carbons (Fsp3) is 0.357. The van der Waals surface area contributed by atoms with Crippen molar-refractivity contribution < 1.29 is 19.5 Å². The van der Waals surface area contributed by atoms with Crippen LogP contribution in [0, 0.1) is 0 Å². The number of nitrogens with two attached hydrogens (primary N) is 1. The summed E-state index contributed by atoms with van der Waals surface area (Å²) in [5.74, 6) is -1.71. The van der Waals surface area contributed by atoms with Crippen molar-refractivity contribution in [1.29, 1.82) is 0 Å². The van der Waals surface area contributed by atoms with E-state index < -0.39 is 30.0 Å². The second kappa shape index (κ2) is 6.25. The van der Waals surface area contributed by atoms with Crippen LogP contribution in [0.15, 0.2) is 24.3 Å². The largest absolute Gasteiger partial charge is 0.480 e. The number of hydrogen-bond acceptors (Lipinski definition) is 3. The molecule has 0 saturated carbocycles. The van der Waals surface area contributed by atoms with Gasteiger partial charge in [-0.15, -0.1) is 0 Å². The lowest BCUT2D eigenvalue weighted by molar-refractivity contribution is -0.138. The normalized spacial score (nSPS) is 10.8. The Bertz CT molecular complexity index is 564. The molecule has 0 atom stereocenters. The molecule has 0 aliphatic rings. The molecular formula is C14H19N3O4. The van der Waals surface area contributed by atoms with Gasteiger partial charge in [-0.2, -0.15) is 0 Å². The van der Waals surface area contributed by atoms with Crippen molar-refractivity contribution in [2.24, 2.45) is 5.73 Å². The van der Waals surface area contributed by atoms with Gasteiger partial charge in [0.1, 0.15) is 6.54 Å². The van der Waals surface area contributed by atoms with E-state index in [4.69, 9.17) is 10.8 Å². The standard InChI is InChI=1S/C14H19N3O4/c1-14(2,3)17(8-11(18)19)13(21)16-10-6-4-5-9(7-10)12(15)20/h4-7H,8H2,1-3H3,(H2,15,20)(H,16,21)(H,18,19). The lowest BCUT2D eigenvalue weighted by Gasteiger charge is -2.34. The van der Waals surface area contributed by atoms with Crippen LogP contribution in [0.4, 0.5) is 10.5 Å². The second-order valence-electron chi connectivity index (χ2n) is 5.53. The first-order chi connectivity index (χ1) is 9.61. The zero-order valence-corrected chi connectivity index (χ0v) is 12.2. The molecule has 21 heavy (non-hydrogen) atoms. The van der Waals surface area contributed by atoms with E-state index in [1.54, 1.807) is 32.9 Å². The number of nitrogens with one attached hydrogen (secondary N) is 1. The molecule has 4 N–H and O–H groups in total. The van der Waals surface area contributed by atoms with Gasteiger partial charge in [0.15, 0.2) is 0 Å². The van der Waals surface area contributed by atoms with Crippen LogP contribution in [-0.2, 0) is 4.79 Å². The smallest absolute Gasteiger partial charge is 0.323 e. The maximum Gasteiger partial charge on any atom is 0.323 e. The van der Waals surface area contributed by atoms with E-state index in [-0.39, 0.29) is 5.56 Å². The zero-order chi connectivity index (χ0) is 16.2. The maximum absolute atomic E-state index is 12.2. The van der Waals surface area contributed by atoms with E-state index in [2.05, 4.69) is 5.32 Å². The number of urea groups is 1. The zero-order valence-electron chi connectivity index (χ0n) is 12.2. The van der Waals surface area contributed by atoms with E-state index in [1.165, 1.54) is 17.0 Å². The van der Waals surface area contributed by atoms with E-state index >= 15 is 0 Å². The molecule has 0 bridgehead atoms. The van der Waals surface area contributed by atoms with Crippen LogP contribution in [0.3, 0.4) is 0 Å². The van der Waals surface area contributed by atoms with Crippen LogP contribution in [0.1, 0.15) is 31.1 Å². The molecule has 0 aromatic heterocycles. The molecule has 0 fully saturated rings. The van der Waals surface area contributed by atoms with Crippen LogP contribution in [-0.4, -0.2) is 40.0 Å². The number of carboxylic acid groups (broad SMARTS) is 1. The number of carboxylic acids is 1. The van der Waals surface area contributed by atoms with E-state index in [9.17, 15) is 14.4 Å². The molecule has 7 nitrogen and oxygen atoms in total. The monoisotopic (exact) mass is 293 g/mol. The Morgan fingerprint density at radius 3 is 2.38 bits per heavy atom. The fourth-order valence-electron chi connectivity index (χ4n) is 1.69. The van der Waals surface area contributed by atoms with E-state index in [0.717, 1.165) is 0 Å². The summed E-state index contributed by atoms with van der Waals surface area (Å²) in [5, 5.41) is 11.5. The molecule has 7 heteroatoms. The number of amides is 3.